The number of aromatic nitrogens is 1. The summed E-state index contributed by atoms with van der Waals surface area (Å²) in [5.74, 6) is 0. The fourth-order valence-electron chi connectivity index (χ4n) is 1.80. The molecule has 0 unspecified atom stereocenters. The summed E-state index contributed by atoms with van der Waals surface area (Å²) < 4.78 is 31.8. The molecule has 1 saturated heterocycles. The minimum Gasteiger partial charge on any atom is -0.379 e. The Morgan fingerprint density at radius 1 is 1.42 bits per heavy atom. The fourth-order valence-corrected chi connectivity index (χ4v) is 3.07. The molecule has 106 valence electrons. The van der Waals surface area contributed by atoms with Gasteiger partial charge in [0.05, 0.1) is 18.1 Å². The van der Waals surface area contributed by atoms with Crippen LogP contribution in [0.15, 0.2) is 23.2 Å². The van der Waals surface area contributed by atoms with Crippen molar-refractivity contribution in [2.24, 2.45) is 0 Å². The lowest BCUT2D eigenvalue weighted by atomic mass is 10.4. The maximum Gasteiger partial charge on any atom is 0.240 e. The molecule has 0 amide bonds. The van der Waals surface area contributed by atoms with Crippen LogP contribution in [0.4, 0.5) is 0 Å². The van der Waals surface area contributed by atoms with E-state index in [0.717, 1.165) is 13.1 Å². The Bertz CT molecular complexity index is 518. The number of morpholine rings is 1. The van der Waals surface area contributed by atoms with Gasteiger partial charge in [0, 0.05) is 32.4 Å². The first-order valence-corrected chi connectivity index (χ1v) is 7.85. The number of sulfonamides is 1. The first kappa shape index (κ1) is 14.7. The molecule has 19 heavy (non-hydrogen) atoms. The van der Waals surface area contributed by atoms with Crippen LogP contribution in [0.5, 0.6) is 0 Å². The Labute approximate surface area is 117 Å². The van der Waals surface area contributed by atoms with Crippen LogP contribution in [0.1, 0.15) is 0 Å². The van der Waals surface area contributed by atoms with Gasteiger partial charge < -0.3 is 4.74 Å². The molecule has 0 bridgehead atoms. The lowest BCUT2D eigenvalue weighted by Gasteiger charge is -2.26. The summed E-state index contributed by atoms with van der Waals surface area (Å²) in [6.45, 7) is 4.11. The van der Waals surface area contributed by atoms with Gasteiger partial charge in [0.1, 0.15) is 5.15 Å². The van der Waals surface area contributed by atoms with Crippen molar-refractivity contribution >= 4 is 21.6 Å². The van der Waals surface area contributed by atoms with E-state index in [1.807, 2.05) is 0 Å². The zero-order valence-electron chi connectivity index (χ0n) is 10.4. The van der Waals surface area contributed by atoms with Crippen LogP contribution in [-0.4, -0.2) is 57.7 Å². The van der Waals surface area contributed by atoms with Crippen LogP contribution in [-0.2, 0) is 14.8 Å². The molecule has 0 saturated carbocycles. The lowest BCUT2D eigenvalue weighted by Crippen LogP contribution is -2.41. The molecular weight excluding hydrogens is 290 g/mol. The van der Waals surface area contributed by atoms with Crippen molar-refractivity contribution in [3.8, 4) is 0 Å². The molecule has 2 heterocycles. The van der Waals surface area contributed by atoms with E-state index in [1.54, 1.807) is 0 Å². The third-order valence-electron chi connectivity index (χ3n) is 2.83. The van der Waals surface area contributed by atoms with Crippen molar-refractivity contribution in [1.82, 2.24) is 14.6 Å². The number of ether oxygens (including phenoxy) is 1. The lowest BCUT2D eigenvalue weighted by molar-refractivity contribution is 0.0390. The first-order chi connectivity index (χ1) is 9.08. The SMILES string of the molecule is O=S(=O)(NCCN1CCOCC1)c1ccnc(Cl)c1. The Morgan fingerprint density at radius 2 is 2.16 bits per heavy atom. The van der Waals surface area contributed by atoms with E-state index in [-0.39, 0.29) is 10.0 Å². The zero-order chi connectivity index (χ0) is 13.7. The molecule has 0 spiro atoms. The number of rotatable bonds is 5. The number of hydrogen-bond acceptors (Lipinski definition) is 5. The molecule has 1 aromatic heterocycles. The van der Waals surface area contributed by atoms with Gasteiger partial charge >= 0.3 is 0 Å². The number of pyridine rings is 1. The van der Waals surface area contributed by atoms with E-state index in [0.29, 0.717) is 26.3 Å². The zero-order valence-corrected chi connectivity index (χ0v) is 12.0. The molecule has 1 aromatic rings. The highest BCUT2D eigenvalue weighted by Crippen LogP contribution is 2.12. The quantitative estimate of drug-likeness (QED) is 0.795. The maximum absolute atomic E-state index is 12.0. The maximum atomic E-state index is 12.0. The molecule has 0 radical (unpaired) electrons. The predicted molar refractivity (Wildman–Crippen MR) is 71.7 cm³/mol. The number of nitrogens with one attached hydrogen (secondary N) is 1. The minimum atomic E-state index is -3.52. The largest absolute Gasteiger partial charge is 0.379 e. The first-order valence-electron chi connectivity index (χ1n) is 5.99. The highest BCUT2D eigenvalue weighted by Gasteiger charge is 2.15. The van der Waals surface area contributed by atoms with Gasteiger partial charge in [-0.05, 0) is 12.1 Å². The Kier molecular flexibility index (Phi) is 5.12. The summed E-state index contributed by atoms with van der Waals surface area (Å²) in [5, 5.41) is 0.163. The summed E-state index contributed by atoms with van der Waals surface area (Å²) >= 11 is 5.68. The summed E-state index contributed by atoms with van der Waals surface area (Å²) in [4.78, 5) is 6.05. The third kappa shape index (κ3) is 4.39. The third-order valence-corrected chi connectivity index (χ3v) is 4.50. The van der Waals surface area contributed by atoms with Gasteiger partial charge in [-0.2, -0.15) is 0 Å². The molecule has 0 aromatic carbocycles. The second-order valence-corrected chi connectivity index (χ2v) is 6.32. The van der Waals surface area contributed by atoms with E-state index < -0.39 is 10.0 Å². The van der Waals surface area contributed by atoms with E-state index in [1.165, 1.54) is 18.3 Å². The van der Waals surface area contributed by atoms with Crippen LogP contribution >= 0.6 is 11.6 Å². The van der Waals surface area contributed by atoms with Crippen molar-refractivity contribution in [2.45, 2.75) is 4.90 Å². The van der Waals surface area contributed by atoms with Crippen molar-refractivity contribution in [3.05, 3.63) is 23.5 Å². The molecule has 1 N–H and O–H groups in total. The Hall–Kier alpha value is -0.730. The standard InChI is InChI=1S/C11H16ClN3O3S/c12-11-9-10(1-2-13-11)19(16,17)14-3-4-15-5-7-18-8-6-15/h1-2,9,14H,3-8H2. The molecule has 1 aliphatic heterocycles. The highest BCUT2D eigenvalue weighted by molar-refractivity contribution is 7.89. The topological polar surface area (TPSA) is 71.5 Å². The van der Waals surface area contributed by atoms with Gasteiger partial charge in [-0.15, -0.1) is 0 Å². The van der Waals surface area contributed by atoms with Crippen molar-refractivity contribution in [2.75, 3.05) is 39.4 Å². The van der Waals surface area contributed by atoms with Gasteiger partial charge in [0.15, 0.2) is 0 Å². The van der Waals surface area contributed by atoms with Gasteiger partial charge in [0.25, 0.3) is 0 Å². The molecule has 1 fully saturated rings. The summed E-state index contributed by atoms with van der Waals surface area (Å²) in [6.07, 6.45) is 1.37. The second-order valence-electron chi connectivity index (χ2n) is 4.17. The number of nitrogens with zero attached hydrogens (tertiary/aromatic N) is 2. The molecule has 6 nitrogen and oxygen atoms in total. The summed E-state index contributed by atoms with van der Waals surface area (Å²) in [7, 11) is -3.52. The fraction of sp³-hybridized carbons (Fsp3) is 0.545. The van der Waals surface area contributed by atoms with Gasteiger partial charge in [-0.25, -0.2) is 18.1 Å². The molecule has 0 atom stereocenters. The molecule has 2 rings (SSSR count). The van der Waals surface area contributed by atoms with E-state index in [9.17, 15) is 8.42 Å². The van der Waals surface area contributed by atoms with Crippen molar-refractivity contribution < 1.29 is 13.2 Å². The van der Waals surface area contributed by atoms with Gasteiger partial charge in [-0.3, -0.25) is 4.90 Å². The summed E-state index contributed by atoms with van der Waals surface area (Å²) in [6, 6.07) is 2.75. The van der Waals surface area contributed by atoms with Crippen LogP contribution in [0.2, 0.25) is 5.15 Å². The van der Waals surface area contributed by atoms with Gasteiger partial charge in [-0.1, -0.05) is 11.6 Å². The molecule has 1 aliphatic rings. The monoisotopic (exact) mass is 305 g/mol. The molecule has 8 heteroatoms. The van der Waals surface area contributed by atoms with E-state index >= 15 is 0 Å². The average Bonchev–Trinajstić information content (AvgIpc) is 2.40. The van der Waals surface area contributed by atoms with E-state index in [4.69, 9.17) is 16.3 Å². The average molecular weight is 306 g/mol. The Morgan fingerprint density at radius 3 is 2.84 bits per heavy atom. The van der Waals surface area contributed by atoms with Crippen LogP contribution in [0.25, 0.3) is 0 Å². The van der Waals surface area contributed by atoms with Gasteiger partial charge in [0.2, 0.25) is 10.0 Å². The Balaban J connectivity index is 1.87. The highest BCUT2D eigenvalue weighted by atomic mass is 35.5. The van der Waals surface area contributed by atoms with Crippen LogP contribution in [0.3, 0.4) is 0 Å². The van der Waals surface area contributed by atoms with Crippen molar-refractivity contribution in [1.29, 1.82) is 0 Å². The normalized spacial score (nSPS) is 17.5. The predicted octanol–water partition coefficient (Wildman–Crippen LogP) is 0.345. The molecular formula is C11H16ClN3O3S. The number of hydrogen-bond donors (Lipinski definition) is 1. The smallest absolute Gasteiger partial charge is 0.240 e. The summed E-state index contributed by atoms with van der Waals surface area (Å²) in [5.41, 5.74) is 0. The minimum absolute atomic E-state index is 0.134. The van der Waals surface area contributed by atoms with Crippen molar-refractivity contribution in [3.63, 3.8) is 0 Å². The van der Waals surface area contributed by atoms with Crippen LogP contribution < -0.4 is 4.72 Å². The van der Waals surface area contributed by atoms with Crippen LogP contribution in [0, 0.1) is 0 Å². The second kappa shape index (κ2) is 6.62. The molecule has 0 aliphatic carbocycles. The number of halogens is 1. The van der Waals surface area contributed by atoms with E-state index in [2.05, 4.69) is 14.6 Å².